The third-order valence-corrected chi connectivity index (χ3v) is 7.04. The van der Waals surface area contributed by atoms with E-state index < -0.39 is 12.0 Å². The number of aromatic nitrogens is 1. The third kappa shape index (κ3) is 4.11. The minimum Gasteiger partial charge on any atom is -0.497 e. The second-order valence-electron chi connectivity index (χ2n) is 7.80. The zero-order valence-electron chi connectivity index (χ0n) is 19.2. The number of benzene rings is 2. The number of nitrogens with zero attached hydrogens (tertiary/aromatic N) is 2. The van der Waals surface area contributed by atoms with Crippen LogP contribution in [0.25, 0.3) is 6.08 Å². The van der Waals surface area contributed by atoms with E-state index in [0.717, 1.165) is 5.56 Å². The van der Waals surface area contributed by atoms with Crippen LogP contribution in [0.15, 0.2) is 57.5 Å². The number of hydrogen-bond acceptors (Lipinski definition) is 8. The van der Waals surface area contributed by atoms with E-state index in [4.69, 9.17) is 30.5 Å². The number of ether oxygens (including phenoxy) is 4. The van der Waals surface area contributed by atoms with Gasteiger partial charge in [0.05, 0.1) is 40.6 Å². The number of methoxy groups -OCH3 is 1. The van der Waals surface area contributed by atoms with Crippen LogP contribution in [0.5, 0.6) is 17.2 Å². The number of hydrogen-bond donors (Lipinski definition) is 0. The molecule has 10 heteroatoms. The lowest BCUT2D eigenvalue weighted by Gasteiger charge is -2.24. The molecule has 8 nitrogen and oxygen atoms in total. The fraction of sp³-hybridized carbons (Fsp3) is 0.240. The summed E-state index contributed by atoms with van der Waals surface area (Å²) in [4.78, 5) is 31.7. The normalized spacial score (nSPS) is 16.7. The molecule has 0 saturated heterocycles. The smallest absolute Gasteiger partial charge is 0.338 e. The fourth-order valence-electron chi connectivity index (χ4n) is 4.08. The van der Waals surface area contributed by atoms with Gasteiger partial charge in [-0.05, 0) is 49.2 Å². The van der Waals surface area contributed by atoms with Gasteiger partial charge in [0.15, 0.2) is 16.3 Å². The van der Waals surface area contributed by atoms with E-state index in [2.05, 4.69) is 4.99 Å². The maximum atomic E-state index is 13.7. The number of carbonyl (C=O) groups excluding carboxylic acids is 1. The van der Waals surface area contributed by atoms with Gasteiger partial charge in [0.25, 0.3) is 5.56 Å². The SMILES string of the molecule is CCOC(=O)C1=C(C)N=c2s/c(=C\c3cc4c(cc3Cl)OCO4)c(=O)n2[C@@H]1c1ccc(OC)cc1. The Labute approximate surface area is 209 Å². The molecule has 3 heterocycles. The molecule has 2 aliphatic heterocycles. The van der Waals surface area contributed by atoms with Gasteiger partial charge >= 0.3 is 5.97 Å². The Bertz CT molecular complexity index is 1540. The van der Waals surface area contributed by atoms with Gasteiger partial charge < -0.3 is 18.9 Å². The highest BCUT2D eigenvalue weighted by Gasteiger charge is 2.33. The largest absolute Gasteiger partial charge is 0.497 e. The van der Waals surface area contributed by atoms with Crippen LogP contribution in [-0.4, -0.2) is 31.0 Å². The first-order valence-electron chi connectivity index (χ1n) is 10.8. The molecule has 1 aromatic heterocycles. The highest BCUT2D eigenvalue weighted by molar-refractivity contribution is 7.07. The molecular weight excluding hydrogens is 492 g/mol. The zero-order valence-corrected chi connectivity index (χ0v) is 20.7. The fourth-order valence-corrected chi connectivity index (χ4v) is 5.32. The standard InChI is InChI=1S/C25H21ClN2O6S/c1-4-32-24(30)21-13(2)27-25-28(22(21)14-5-7-16(31-3)8-6-14)23(29)20(35-25)10-15-9-18-19(11-17(15)26)34-12-33-18/h5-11,22H,4,12H2,1-3H3/b20-10-/t22-/m1/s1. The zero-order chi connectivity index (χ0) is 24.7. The Morgan fingerprint density at radius 1 is 1.26 bits per heavy atom. The number of fused-ring (bicyclic) bond motifs is 2. The quantitative estimate of drug-likeness (QED) is 0.488. The lowest BCUT2D eigenvalue weighted by molar-refractivity contribution is -0.139. The summed E-state index contributed by atoms with van der Waals surface area (Å²) < 4.78 is 23.3. The highest BCUT2D eigenvalue weighted by Crippen LogP contribution is 2.37. The summed E-state index contributed by atoms with van der Waals surface area (Å²) in [5.74, 6) is 1.27. The van der Waals surface area contributed by atoms with Crippen molar-refractivity contribution in [3.8, 4) is 17.2 Å². The van der Waals surface area contributed by atoms with Crippen molar-refractivity contribution in [1.82, 2.24) is 4.57 Å². The van der Waals surface area contributed by atoms with Crippen molar-refractivity contribution in [2.45, 2.75) is 19.9 Å². The van der Waals surface area contributed by atoms with Crippen molar-refractivity contribution in [2.24, 2.45) is 4.99 Å². The molecule has 3 aromatic rings. The summed E-state index contributed by atoms with van der Waals surface area (Å²) >= 11 is 7.66. The second kappa shape index (κ2) is 9.24. The summed E-state index contributed by atoms with van der Waals surface area (Å²) in [6.07, 6.45) is 1.70. The molecule has 1 atom stereocenters. The van der Waals surface area contributed by atoms with E-state index in [1.165, 1.54) is 15.9 Å². The van der Waals surface area contributed by atoms with Crippen LogP contribution in [0.2, 0.25) is 5.02 Å². The Hall–Kier alpha value is -3.56. The van der Waals surface area contributed by atoms with Crippen LogP contribution in [-0.2, 0) is 9.53 Å². The number of rotatable bonds is 5. The van der Waals surface area contributed by atoms with Gasteiger partial charge in [-0.25, -0.2) is 9.79 Å². The van der Waals surface area contributed by atoms with Crippen LogP contribution in [0, 0.1) is 0 Å². The number of allylic oxidation sites excluding steroid dienone is 1. The van der Waals surface area contributed by atoms with Gasteiger partial charge in [0.1, 0.15) is 5.75 Å². The first-order valence-corrected chi connectivity index (χ1v) is 12.0. The van der Waals surface area contributed by atoms with Gasteiger partial charge in [-0.2, -0.15) is 0 Å². The second-order valence-corrected chi connectivity index (χ2v) is 9.22. The van der Waals surface area contributed by atoms with Crippen molar-refractivity contribution >= 4 is 35.0 Å². The number of halogens is 1. The Morgan fingerprint density at radius 2 is 1.97 bits per heavy atom. The number of esters is 1. The molecule has 0 bridgehead atoms. The van der Waals surface area contributed by atoms with E-state index in [-0.39, 0.29) is 19.0 Å². The number of carbonyl (C=O) groups is 1. The topological polar surface area (TPSA) is 88.4 Å². The molecule has 0 N–H and O–H groups in total. The highest BCUT2D eigenvalue weighted by atomic mass is 35.5. The van der Waals surface area contributed by atoms with Gasteiger partial charge in [-0.15, -0.1) is 0 Å². The average Bonchev–Trinajstić information content (AvgIpc) is 3.42. The molecule has 35 heavy (non-hydrogen) atoms. The molecule has 0 amide bonds. The molecule has 0 spiro atoms. The van der Waals surface area contributed by atoms with Crippen LogP contribution < -0.4 is 29.1 Å². The summed E-state index contributed by atoms with van der Waals surface area (Å²) in [6.45, 7) is 3.81. The van der Waals surface area contributed by atoms with Gasteiger partial charge in [0.2, 0.25) is 6.79 Å². The summed E-state index contributed by atoms with van der Waals surface area (Å²) in [7, 11) is 1.58. The molecule has 0 unspecified atom stereocenters. The first-order chi connectivity index (χ1) is 16.9. The molecule has 180 valence electrons. The molecule has 5 rings (SSSR count). The predicted molar refractivity (Wildman–Crippen MR) is 131 cm³/mol. The van der Waals surface area contributed by atoms with E-state index in [9.17, 15) is 9.59 Å². The Kier molecular flexibility index (Phi) is 6.12. The van der Waals surface area contributed by atoms with E-state index in [1.54, 1.807) is 51.3 Å². The van der Waals surface area contributed by atoms with Crippen molar-refractivity contribution in [3.05, 3.63) is 83.5 Å². The van der Waals surface area contributed by atoms with Crippen LogP contribution in [0.4, 0.5) is 0 Å². The number of thiazole rings is 1. The summed E-state index contributed by atoms with van der Waals surface area (Å²) in [5, 5.41) is 0.426. The molecule has 0 aliphatic carbocycles. The first kappa shape index (κ1) is 23.2. The monoisotopic (exact) mass is 512 g/mol. The van der Waals surface area contributed by atoms with Crippen molar-refractivity contribution in [1.29, 1.82) is 0 Å². The van der Waals surface area contributed by atoms with E-state index in [0.29, 0.717) is 48.4 Å². The van der Waals surface area contributed by atoms with E-state index in [1.807, 2.05) is 12.1 Å². The molecular formula is C25H21ClN2O6S. The molecule has 2 aliphatic rings. The molecule has 0 fully saturated rings. The van der Waals surface area contributed by atoms with E-state index >= 15 is 0 Å². The van der Waals surface area contributed by atoms with Gasteiger partial charge in [-0.3, -0.25) is 9.36 Å². The van der Waals surface area contributed by atoms with Crippen LogP contribution in [0.1, 0.15) is 31.0 Å². The maximum absolute atomic E-state index is 13.7. The van der Waals surface area contributed by atoms with Crippen LogP contribution >= 0.6 is 22.9 Å². The van der Waals surface area contributed by atoms with Crippen LogP contribution in [0.3, 0.4) is 0 Å². The van der Waals surface area contributed by atoms with Gasteiger partial charge in [0, 0.05) is 6.07 Å². The van der Waals surface area contributed by atoms with Gasteiger partial charge in [-0.1, -0.05) is 35.1 Å². The molecule has 0 saturated carbocycles. The molecule has 2 aromatic carbocycles. The van der Waals surface area contributed by atoms with Crippen molar-refractivity contribution < 1.29 is 23.7 Å². The lowest BCUT2D eigenvalue weighted by atomic mass is 9.96. The third-order valence-electron chi connectivity index (χ3n) is 5.73. The average molecular weight is 513 g/mol. The summed E-state index contributed by atoms with van der Waals surface area (Å²) in [6, 6.07) is 9.92. The molecule has 0 radical (unpaired) electrons. The maximum Gasteiger partial charge on any atom is 0.338 e. The lowest BCUT2D eigenvalue weighted by Crippen LogP contribution is -2.39. The predicted octanol–water partition coefficient (Wildman–Crippen LogP) is 3.19. The van der Waals surface area contributed by atoms with Crippen molar-refractivity contribution in [2.75, 3.05) is 20.5 Å². The van der Waals surface area contributed by atoms with Crippen molar-refractivity contribution in [3.63, 3.8) is 0 Å². The Morgan fingerprint density at radius 3 is 2.66 bits per heavy atom. The summed E-state index contributed by atoms with van der Waals surface area (Å²) in [5.41, 5.74) is 1.87. The minimum atomic E-state index is -0.703. The Balaban J connectivity index is 1.70. The minimum absolute atomic E-state index is 0.120.